The van der Waals surface area contributed by atoms with Crippen LogP contribution in [0.15, 0.2) is 0 Å². The van der Waals surface area contributed by atoms with E-state index in [-0.39, 0.29) is 0 Å². The van der Waals surface area contributed by atoms with E-state index < -0.39 is 218 Å². The second-order valence-electron chi connectivity index (χ2n) is 20.9. The van der Waals surface area contributed by atoms with Crippen molar-refractivity contribution in [1.82, 2.24) is 0 Å². The minimum absolute atomic E-state index is 0.646. The van der Waals surface area contributed by atoms with Crippen molar-refractivity contribution in [2.24, 2.45) is 35.5 Å². The van der Waals surface area contributed by atoms with Crippen LogP contribution in [0.5, 0.6) is 0 Å². The van der Waals surface area contributed by atoms with Crippen molar-refractivity contribution in [2.45, 2.75) is 231 Å². The molecule has 0 spiro atoms. The predicted molar refractivity (Wildman–Crippen MR) is 236 cm³/mol. The molecule has 0 aromatic rings. The fraction of sp³-hybridized carbons (Fsp3) is 0.875. The van der Waals surface area contributed by atoms with Gasteiger partial charge in [-0.15, -0.1) is 0 Å². The van der Waals surface area contributed by atoms with Crippen molar-refractivity contribution < 1.29 is 116 Å². The first kappa shape index (κ1) is 57.0. The molecule has 0 amide bonds. The molecule has 22 aliphatic rings. The molecule has 12 bridgehead atoms. The summed E-state index contributed by atoms with van der Waals surface area (Å²) in [6.45, 7) is 16.0. The van der Waals surface area contributed by atoms with E-state index in [1.807, 2.05) is 0 Å². The number of aliphatic hydroxyl groups is 6. The van der Waals surface area contributed by atoms with Crippen LogP contribution in [0, 0.1) is 35.5 Å². The van der Waals surface area contributed by atoms with E-state index in [0.29, 0.717) is 0 Å². The smallest absolute Gasteiger partial charge is 0.164 e. The standard InChI is InChI=1S/C48H72O24/c1-13-25(55)37-31(19(7)49)61-43(13)67-38-26(56)14(2)45(62-32(38)20(8)50)69-40-28(58)16(4)47(64-34(40)22(10)52)71-42-30(60)18(6)48(66-36(42)24(12)54)72-41-29(59)17(5)46(65-35(41)23(11)53)70-39-27(57)15(3)44(68-37)63-33(39)21(9)51/h13-18,25-48,55-60H,1-12H3/t13-,14-,15-,16-,17-,18-,25-,26-,27-,28-,29-,30-,31-,32-,33-,34-,35-,36-,37+,38+,39+,40+,41+,42+,43-,44-,45-,46-,47-,48-/m1/s1. The fourth-order valence-electron chi connectivity index (χ4n) is 10.7. The SMILES string of the molecule is CC(=O)[C@H]1O[C@@H]2O[C@H]3[C@H](O)[C@@H](C)[C@@H](O[C@H]4[C@H](O)[C@@H](C)[C@@H](O[C@H]5[C@H](O)[C@@H](C)[C@@H](O[C@H]6[C@H](O)[C@@H](C)[C@@H](O[C@H]7[C@H](O)[C@@H](C)[C@@H](O[C@H]1[C@H](O)[C@H]2C)O[C@@H]7C(C)=O)O[C@@H]6C(C)=O)O[C@@H]5C(C)=O)O[C@@H]4C(C)=O)O[C@@H]3C(C)=O. The first-order chi connectivity index (χ1) is 33.7. The molecule has 22 fully saturated rings. The predicted octanol–water partition coefficient (Wildman–Crippen LogP) is -1.82. The maximum atomic E-state index is 13.3. The fourth-order valence-corrected chi connectivity index (χ4v) is 10.7. The van der Waals surface area contributed by atoms with E-state index in [2.05, 4.69) is 0 Å². The summed E-state index contributed by atoms with van der Waals surface area (Å²) in [5, 5.41) is 71.1. The summed E-state index contributed by atoms with van der Waals surface area (Å²) in [6.07, 6.45) is -36.9. The molecule has 0 aromatic heterocycles. The first-order valence-electron chi connectivity index (χ1n) is 24.6. The summed E-state index contributed by atoms with van der Waals surface area (Å²) in [6, 6.07) is 0. The van der Waals surface area contributed by atoms with Crippen LogP contribution in [-0.4, -0.2) is 213 Å². The maximum absolute atomic E-state index is 13.3. The van der Waals surface area contributed by atoms with E-state index in [9.17, 15) is 59.4 Å². The summed E-state index contributed by atoms with van der Waals surface area (Å²) >= 11 is 0. The number of Topliss-reactive ketones (excluding diaryl/α,β-unsaturated/α-hetero) is 6. The zero-order chi connectivity index (χ0) is 53.3. The van der Waals surface area contributed by atoms with Gasteiger partial charge in [0.05, 0.1) is 36.6 Å². The van der Waals surface area contributed by atoms with Crippen molar-refractivity contribution in [3.63, 3.8) is 0 Å². The molecular weight excluding hydrogens is 961 g/mol. The van der Waals surface area contributed by atoms with Crippen LogP contribution >= 0.6 is 0 Å². The molecule has 22 rings (SSSR count). The molecule has 0 aliphatic carbocycles. The van der Waals surface area contributed by atoms with Crippen molar-refractivity contribution in [3.8, 4) is 0 Å². The number of hydrogen-bond donors (Lipinski definition) is 6. The Balaban J connectivity index is 1.26. The topological polar surface area (TPSA) is 335 Å². The zero-order valence-electron chi connectivity index (χ0n) is 42.4. The van der Waals surface area contributed by atoms with Crippen LogP contribution in [0.4, 0.5) is 0 Å². The Morgan fingerprint density at radius 1 is 0.236 bits per heavy atom. The molecule has 0 radical (unpaired) electrons. The average Bonchev–Trinajstić information content (AvgIpc) is 3.30. The van der Waals surface area contributed by atoms with E-state index in [1.54, 1.807) is 0 Å². The van der Waals surface area contributed by atoms with Crippen LogP contribution in [0.2, 0.25) is 0 Å². The Hall–Kier alpha value is -2.70. The van der Waals surface area contributed by atoms with Crippen LogP contribution in [0.1, 0.15) is 83.1 Å². The minimum Gasteiger partial charge on any atom is -0.390 e. The zero-order valence-corrected chi connectivity index (χ0v) is 42.4. The molecule has 408 valence electrons. The lowest BCUT2D eigenvalue weighted by Crippen LogP contribution is -2.66. The quantitative estimate of drug-likeness (QED) is 0.171. The van der Waals surface area contributed by atoms with Crippen LogP contribution in [-0.2, 0) is 85.6 Å². The number of carbonyl (C=O) groups excluding carboxylic acids is 6. The van der Waals surface area contributed by atoms with Gasteiger partial charge < -0.3 is 87.5 Å². The van der Waals surface area contributed by atoms with Gasteiger partial charge in [-0.2, -0.15) is 0 Å². The Bertz CT molecular complexity index is 1650. The highest BCUT2D eigenvalue weighted by molar-refractivity contribution is 5.83. The maximum Gasteiger partial charge on any atom is 0.164 e. The lowest BCUT2D eigenvalue weighted by molar-refractivity contribution is -0.378. The monoisotopic (exact) mass is 1030 g/mol. The summed E-state index contributed by atoms with van der Waals surface area (Å²) in [5.41, 5.74) is 0. The summed E-state index contributed by atoms with van der Waals surface area (Å²) < 4.78 is 74.3. The van der Waals surface area contributed by atoms with Crippen LogP contribution in [0.25, 0.3) is 0 Å². The van der Waals surface area contributed by atoms with E-state index in [0.717, 1.165) is 41.5 Å². The second kappa shape index (κ2) is 22.5. The van der Waals surface area contributed by atoms with Crippen LogP contribution < -0.4 is 0 Å². The molecule has 30 atom stereocenters. The number of aliphatic hydroxyl groups excluding tert-OH is 6. The average molecular weight is 1030 g/mol. The van der Waals surface area contributed by atoms with Crippen molar-refractivity contribution in [3.05, 3.63) is 0 Å². The van der Waals surface area contributed by atoms with Crippen molar-refractivity contribution in [1.29, 1.82) is 0 Å². The number of carbonyl (C=O) groups is 6. The van der Waals surface area contributed by atoms with Gasteiger partial charge in [-0.1, -0.05) is 41.5 Å². The Kier molecular flexibility index (Phi) is 17.8. The van der Waals surface area contributed by atoms with Gasteiger partial charge in [0, 0.05) is 35.5 Å². The molecule has 6 N–H and O–H groups in total. The molecule has 72 heavy (non-hydrogen) atoms. The Morgan fingerprint density at radius 3 is 0.444 bits per heavy atom. The molecular formula is C48H72O24. The van der Waals surface area contributed by atoms with Gasteiger partial charge in [-0.25, -0.2) is 0 Å². The summed E-state index contributed by atoms with van der Waals surface area (Å²) in [5.74, 6) is -10.2. The van der Waals surface area contributed by atoms with Gasteiger partial charge in [-0.3, -0.25) is 28.8 Å². The molecule has 0 unspecified atom stereocenters. The molecule has 24 heteroatoms. The first-order valence-corrected chi connectivity index (χ1v) is 24.6. The highest BCUT2D eigenvalue weighted by Gasteiger charge is 2.59. The molecule has 22 saturated heterocycles. The number of ketones is 6. The molecule has 22 heterocycles. The molecule has 22 aliphatic heterocycles. The third kappa shape index (κ3) is 10.8. The largest absolute Gasteiger partial charge is 0.390 e. The Morgan fingerprint density at radius 2 is 0.347 bits per heavy atom. The van der Waals surface area contributed by atoms with Gasteiger partial charge in [-0.05, 0) is 41.5 Å². The molecule has 0 saturated carbocycles. The highest BCUT2D eigenvalue weighted by Crippen LogP contribution is 2.42. The van der Waals surface area contributed by atoms with Gasteiger partial charge in [0.1, 0.15) is 73.2 Å². The Labute approximate surface area is 416 Å². The number of rotatable bonds is 6. The van der Waals surface area contributed by atoms with Crippen molar-refractivity contribution in [2.75, 3.05) is 0 Å². The van der Waals surface area contributed by atoms with E-state index in [4.69, 9.17) is 56.8 Å². The van der Waals surface area contributed by atoms with Crippen LogP contribution in [0.3, 0.4) is 0 Å². The third-order valence-corrected chi connectivity index (χ3v) is 15.5. The molecule has 24 nitrogen and oxygen atoms in total. The van der Waals surface area contributed by atoms with Gasteiger partial charge >= 0.3 is 0 Å². The number of hydrogen-bond acceptors (Lipinski definition) is 24. The highest BCUT2D eigenvalue weighted by atomic mass is 16.8. The van der Waals surface area contributed by atoms with E-state index >= 15 is 0 Å². The number of ether oxygens (including phenoxy) is 12. The summed E-state index contributed by atoms with van der Waals surface area (Å²) in [4.78, 5) is 79.8. The van der Waals surface area contributed by atoms with Gasteiger partial charge in [0.25, 0.3) is 0 Å². The molecule has 0 aromatic carbocycles. The minimum atomic E-state index is -1.58. The van der Waals surface area contributed by atoms with Gasteiger partial charge in [0.15, 0.2) is 72.4 Å². The van der Waals surface area contributed by atoms with E-state index in [1.165, 1.54) is 41.5 Å². The van der Waals surface area contributed by atoms with Crippen molar-refractivity contribution >= 4 is 34.7 Å². The lowest BCUT2D eigenvalue weighted by atomic mass is 9.86. The summed E-state index contributed by atoms with van der Waals surface area (Å²) in [7, 11) is 0. The van der Waals surface area contributed by atoms with Gasteiger partial charge in [0.2, 0.25) is 0 Å². The normalized spacial score (nSPS) is 51.4. The third-order valence-electron chi connectivity index (χ3n) is 15.5. The second-order valence-corrected chi connectivity index (χ2v) is 20.9. The lowest BCUT2D eigenvalue weighted by Gasteiger charge is -2.51.